The fraction of sp³-hybridized carbons (Fsp3) is 0.364. The van der Waals surface area contributed by atoms with Crippen LogP contribution >= 0.6 is 0 Å². The van der Waals surface area contributed by atoms with E-state index in [0.29, 0.717) is 28.8 Å². The monoisotopic (exact) mass is 479 g/mol. The fourth-order valence-electron chi connectivity index (χ4n) is 3.83. The van der Waals surface area contributed by atoms with Gasteiger partial charge in [-0.3, -0.25) is 14.8 Å². The Morgan fingerprint density at radius 2 is 1.97 bits per heavy atom. The molecular formula is C22H26FN3O6S. The molecule has 0 spiro atoms. The van der Waals surface area contributed by atoms with Crippen LogP contribution < -0.4 is 5.48 Å². The van der Waals surface area contributed by atoms with Crippen LogP contribution in [-0.2, 0) is 32.6 Å². The van der Waals surface area contributed by atoms with E-state index in [1.54, 1.807) is 42.4 Å². The second-order valence-electron chi connectivity index (χ2n) is 7.96. The van der Waals surface area contributed by atoms with Crippen LogP contribution in [0.1, 0.15) is 27.9 Å². The Bertz CT molecular complexity index is 1170. The first-order valence-corrected chi connectivity index (χ1v) is 12.1. The number of hydrogen-bond acceptors (Lipinski definition) is 7. The molecule has 178 valence electrons. The van der Waals surface area contributed by atoms with Gasteiger partial charge < -0.3 is 9.74 Å². The predicted molar refractivity (Wildman–Crippen MR) is 118 cm³/mol. The van der Waals surface area contributed by atoms with Crippen LogP contribution in [0, 0.1) is 5.82 Å². The fourth-order valence-corrected chi connectivity index (χ4v) is 4.80. The van der Waals surface area contributed by atoms with E-state index in [4.69, 9.17) is 10.0 Å². The first-order chi connectivity index (χ1) is 15.5. The number of halogens is 1. The molecule has 2 amide bonds. The molecule has 1 aliphatic rings. The molecule has 0 aliphatic carbocycles. The molecule has 2 N–H and O–H groups in total. The minimum absolute atomic E-state index is 0.00405. The van der Waals surface area contributed by atoms with Crippen molar-refractivity contribution in [1.82, 2.24) is 15.4 Å². The predicted octanol–water partition coefficient (Wildman–Crippen LogP) is 1.75. The third-order valence-electron chi connectivity index (χ3n) is 5.63. The number of rotatable bonds is 9. The first kappa shape index (κ1) is 24.8. The number of carbonyl (C=O) groups excluding carboxylic acids is 2. The first-order valence-electron chi connectivity index (χ1n) is 10.1. The minimum atomic E-state index is -3.78. The lowest BCUT2D eigenvalue weighted by Gasteiger charge is -2.19. The van der Waals surface area contributed by atoms with E-state index in [1.807, 2.05) is 0 Å². The molecule has 0 fully saturated rings. The molecule has 1 aliphatic heterocycles. The number of hydrogen-bond donors (Lipinski definition) is 2. The number of fused-ring (bicyclic) bond motifs is 1. The van der Waals surface area contributed by atoms with Gasteiger partial charge in [-0.15, -0.1) is 0 Å². The van der Waals surface area contributed by atoms with Crippen LogP contribution in [0.15, 0.2) is 36.4 Å². The van der Waals surface area contributed by atoms with Crippen molar-refractivity contribution in [2.24, 2.45) is 0 Å². The Kier molecular flexibility index (Phi) is 7.48. The molecule has 1 atom stereocenters. The molecule has 2 aromatic rings. The van der Waals surface area contributed by atoms with Crippen molar-refractivity contribution in [3.8, 4) is 11.1 Å². The summed E-state index contributed by atoms with van der Waals surface area (Å²) in [5.41, 5.74) is 4.24. The zero-order valence-corrected chi connectivity index (χ0v) is 19.4. The summed E-state index contributed by atoms with van der Waals surface area (Å²) in [5, 5.41) is 8.90. The zero-order chi connectivity index (χ0) is 24.3. The lowest BCUT2D eigenvalue weighted by atomic mass is 9.99. The van der Waals surface area contributed by atoms with Gasteiger partial charge in [-0.25, -0.2) is 18.3 Å². The molecule has 0 saturated carbocycles. The van der Waals surface area contributed by atoms with Crippen LogP contribution in [0.2, 0.25) is 0 Å². The van der Waals surface area contributed by atoms with Gasteiger partial charge in [0.15, 0.2) is 9.84 Å². The summed E-state index contributed by atoms with van der Waals surface area (Å²) in [6.07, 6.45) is 0.733. The van der Waals surface area contributed by atoms with Crippen LogP contribution in [0.5, 0.6) is 0 Å². The molecule has 3 rings (SSSR count). The second kappa shape index (κ2) is 9.96. The Balaban J connectivity index is 1.77. The molecule has 9 nitrogen and oxygen atoms in total. The number of benzene rings is 2. The van der Waals surface area contributed by atoms with Crippen molar-refractivity contribution in [2.75, 3.05) is 27.0 Å². The molecule has 0 aromatic heterocycles. The van der Waals surface area contributed by atoms with Crippen molar-refractivity contribution in [3.05, 3.63) is 58.9 Å². The Morgan fingerprint density at radius 3 is 2.58 bits per heavy atom. The maximum Gasteiger partial charge on any atom is 0.261 e. The molecule has 0 radical (unpaired) electrons. The van der Waals surface area contributed by atoms with Crippen molar-refractivity contribution in [3.63, 3.8) is 0 Å². The van der Waals surface area contributed by atoms with E-state index < -0.39 is 26.8 Å². The van der Waals surface area contributed by atoms with Gasteiger partial charge in [-0.05, 0) is 41.3 Å². The van der Waals surface area contributed by atoms with Gasteiger partial charge in [0.25, 0.3) is 11.8 Å². The van der Waals surface area contributed by atoms with Crippen molar-refractivity contribution in [1.29, 1.82) is 0 Å². The van der Waals surface area contributed by atoms with E-state index in [1.165, 1.54) is 23.6 Å². The van der Waals surface area contributed by atoms with Gasteiger partial charge in [0.2, 0.25) is 0 Å². The van der Waals surface area contributed by atoms with E-state index in [9.17, 15) is 22.4 Å². The van der Waals surface area contributed by atoms with Gasteiger partial charge in [0.1, 0.15) is 11.1 Å². The quantitative estimate of drug-likeness (QED) is 0.416. The molecule has 1 heterocycles. The highest BCUT2D eigenvalue weighted by Crippen LogP contribution is 2.30. The van der Waals surface area contributed by atoms with Crippen LogP contribution in [0.4, 0.5) is 4.39 Å². The number of nitrogens with zero attached hydrogens (tertiary/aromatic N) is 2. The van der Waals surface area contributed by atoms with E-state index in [0.717, 1.165) is 11.8 Å². The van der Waals surface area contributed by atoms with Gasteiger partial charge in [0.05, 0.1) is 7.11 Å². The van der Waals surface area contributed by atoms with Crippen molar-refractivity contribution >= 4 is 21.7 Å². The topological polar surface area (TPSA) is 116 Å². The highest BCUT2D eigenvalue weighted by atomic mass is 32.2. The highest BCUT2D eigenvalue weighted by molar-refractivity contribution is 7.92. The Morgan fingerprint density at radius 1 is 1.27 bits per heavy atom. The van der Waals surface area contributed by atoms with E-state index in [2.05, 4.69) is 0 Å². The summed E-state index contributed by atoms with van der Waals surface area (Å²) in [5.74, 6) is -1.74. The normalized spacial score (nSPS) is 14.5. The molecule has 33 heavy (non-hydrogen) atoms. The standard InChI is InChI=1S/C22H26FN3O6S/c1-25(32-2)12-14-4-6-17(19(23)10-14)15-5-7-18-16(11-15)13-26(22(18)28)9-8-20(21(27)24-29)33(3,30)31/h4-7,10-11,20,29H,8-9,12-13H2,1-3H3,(H,24,27)/t20-/m1/s1. The van der Waals surface area contributed by atoms with Gasteiger partial charge >= 0.3 is 0 Å². The number of hydroxylamine groups is 3. The largest absolute Gasteiger partial charge is 0.334 e. The number of sulfone groups is 1. The summed E-state index contributed by atoms with van der Waals surface area (Å²) in [7, 11) is -0.506. The number of amides is 2. The van der Waals surface area contributed by atoms with Gasteiger partial charge in [-0.2, -0.15) is 5.06 Å². The SMILES string of the molecule is CON(C)Cc1ccc(-c2ccc3c(c2)CN(CC[C@H](C(=O)NO)S(C)(=O)=O)C3=O)c(F)c1. The number of nitrogens with one attached hydrogen (secondary N) is 1. The number of carbonyl (C=O) groups is 2. The van der Waals surface area contributed by atoms with E-state index >= 15 is 0 Å². The van der Waals surface area contributed by atoms with Crippen molar-refractivity contribution in [2.45, 2.75) is 24.8 Å². The molecule has 0 unspecified atom stereocenters. The molecule has 0 bridgehead atoms. The van der Waals surface area contributed by atoms with Crippen LogP contribution in [0.25, 0.3) is 11.1 Å². The average molecular weight is 480 g/mol. The summed E-state index contributed by atoms with van der Waals surface area (Å²) in [6.45, 7) is 0.631. The maximum atomic E-state index is 14.8. The smallest absolute Gasteiger partial charge is 0.261 e. The van der Waals surface area contributed by atoms with Crippen LogP contribution in [-0.4, -0.2) is 67.6 Å². The van der Waals surface area contributed by atoms with E-state index in [-0.39, 0.29) is 25.4 Å². The summed E-state index contributed by atoms with van der Waals surface area (Å²) in [6, 6.07) is 9.94. The molecule has 11 heteroatoms. The lowest BCUT2D eigenvalue weighted by Crippen LogP contribution is -2.40. The summed E-state index contributed by atoms with van der Waals surface area (Å²) < 4.78 is 38.5. The van der Waals surface area contributed by atoms with Crippen LogP contribution in [0.3, 0.4) is 0 Å². The molecular weight excluding hydrogens is 453 g/mol. The van der Waals surface area contributed by atoms with Gasteiger partial charge in [0, 0.05) is 44.1 Å². The highest BCUT2D eigenvalue weighted by Gasteiger charge is 2.33. The summed E-state index contributed by atoms with van der Waals surface area (Å²) in [4.78, 5) is 30.9. The third kappa shape index (κ3) is 5.56. The Labute approximate surface area is 191 Å². The second-order valence-corrected chi connectivity index (χ2v) is 10.2. The molecule has 2 aromatic carbocycles. The summed E-state index contributed by atoms with van der Waals surface area (Å²) >= 11 is 0. The Hall–Kier alpha value is -2.86. The minimum Gasteiger partial charge on any atom is -0.334 e. The maximum absolute atomic E-state index is 14.8. The zero-order valence-electron chi connectivity index (χ0n) is 18.5. The molecule has 0 saturated heterocycles. The third-order valence-corrected chi connectivity index (χ3v) is 7.11. The average Bonchev–Trinajstić information content (AvgIpc) is 3.07. The van der Waals surface area contributed by atoms with Gasteiger partial charge in [-0.1, -0.05) is 18.2 Å². The lowest BCUT2D eigenvalue weighted by molar-refractivity contribution is -0.128. The van der Waals surface area contributed by atoms with Crippen molar-refractivity contribution < 1.29 is 32.4 Å².